The minimum absolute atomic E-state index is 0.271. The SMILES string of the molecule is CCOC(=O)c1cc2c(c(-c3cccc(C#CCN(C)C)c3)n1)CN([S@@+]([O-])C(C)(C)C)C2. The van der Waals surface area contributed by atoms with Crippen LogP contribution in [0.15, 0.2) is 30.3 Å². The molecule has 32 heavy (non-hydrogen) atoms. The fourth-order valence-electron chi connectivity index (χ4n) is 3.46. The standard InChI is InChI=1S/C25H31N3O3S/c1-7-31-24(29)22-15-20-16-28(32(30)25(2,3)4)17-21(20)23(26-22)19-12-8-10-18(14-19)11-9-13-27(5)6/h8,10,12,14-15H,7,13,16-17H2,1-6H3/t32-/m0/s1. The van der Waals surface area contributed by atoms with E-state index >= 15 is 0 Å². The molecule has 2 heterocycles. The van der Waals surface area contributed by atoms with Gasteiger partial charge in [-0.15, -0.1) is 4.31 Å². The Morgan fingerprint density at radius 2 is 2.03 bits per heavy atom. The number of fused-ring (bicyclic) bond motifs is 1. The molecule has 7 heteroatoms. The van der Waals surface area contributed by atoms with Crippen molar-refractivity contribution in [1.29, 1.82) is 0 Å². The molecule has 0 spiro atoms. The lowest BCUT2D eigenvalue weighted by molar-refractivity contribution is 0.0519. The van der Waals surface area contributed by atoms with Gasteiger partial charge in [0.25, 0.3) is 0 Å². The topological polar surface area (TPSA) is 68.7 Å². The number of benzene rings is 1. The molecular formula is C25H31N3O3S. The molecule has 3 rings (SSSR count). The van der Waals surface area contributed by atoms with Crippen LogP contribution in [0.2, 0.25) is 0 Å². The Morgan fingerprint density at radius 1 is 1.28 bits per heavy atom. The molecule has 0 radical (unpaired) electrons. The fourth-order valence-corrected chi connectivity index (χ4v) is 4.74. The molecule has 0 fully saturated rings. The highest BCUT2D eigenvalue weighted by Gasteiger charge is 2.38. The summed E-state index contributed by atoms with van der Waals surface area (Å²) >= 11 is -1.18. The molecule has 0 saturated heterocycles. The second-order valence-electron chi connectivity index (χ2n) is 8.99. The zero-order chi connectivity index (χ0) is 23.5. The molecule has 170 valence electrons. The summed E-state index contributed by atoms with van der Waals surface area (Å²) in [5.74, 6) is 5.89. The van der Waals surface area contributed by atoms with Crippen LogP contribution in [0.4, 0.5) is 0 Å². The Hall–Kier alpha value is -2.37. The second kappa shape index (κ2) is 10.1. The van der Waals surface area contributed by atoms with Gasteiger partial charge < -0.3 is 9.29 Å². The van der Waals surface area contributed by atoms with Gasteiger partial charge in [-0.1, -0.05) is 24.0 Å². The van der Waals surface area contributed by atoms with Crippen molar-refractivity contribution in [2.45, 2.75) is 45.5 Å². The summed E-state index contributed by atoms with van der Waals surface area (Å²) < 4.78 is 19.8. The molecule has 1 atom stereocenters. The van der Waals surface area contributed by atoms with Crippen molar-refractivity contribution >= 4 is 17.3 Å². The third kappa shape index (κ3) is 5.70. The summed E-state index contributed by atoms with van der Waals surface area (Å²) in [6.45, 7) is 9.64. The highest BCUT2D eigenvalue weighted by Crippen LogP contribution is 2.36. The average Bonchev–Trinajstić information content (AvgIpc) is 3.16. The van der Waals surface area contributed by atoms with E-state index in [0.29, 0.717) is 19.6 Å². The maximum absolute atomic E-state index is 13.0. The minimum Gasteiger partial charge on any atom is -0.597 e. The normalized spacial score (nSPS) is 14.6. The number of rotatable bonds is 5. The van der Waals surface area contributed by atoms with Crippen LogP contribution in [-0.2, 0) is 29.2 Å². The maximum atomic E-state index is 13.0. The maximum Gasteiger partial charge on any atom is 0.356 e. The van der Waals surface area contributed by atoms with E-state index in [1.807, 2.05) is 68.3 Å². The number of aromatic nitrogens is 1. The first kappa shape index (κ1) is 24.3. The number of nitrogens with zero attached hydrogens (tertiary/aromatic N) is 3. The van der Waals surface area contributed by atoms with Crippen molar-refractivity contribution in [2.24, 2.45) is 0 Å². The van der Waals surface area contributed by atoms with Gasteiger partial charge in [-0.05, 0) is 65.6 Å². The number of carbonyl (C=O) groups is 1. The van der Waals surface area contributed by atoms with Crippen molar-refractivity contribution in [1.82, 2.24) is 14.2 Å². The van der Waals surface area contributed by atoms with Gasteiger partial charge >= 0.3 is 5.97 Å². The predicted octanol–water partition coefficient (Wildman–Crippen LogP) is 3.62. The molecule has 1 aromatic carbocycles. The number of ether oxygens (including phenoxy) is 1. The van der Waals surface area contributed by atoms with Gasteiger partial charge in [0.1, 0.15) is 10.4 Å². The van der Waals surface area contributed by atoms with Crippen LogP contribution < -0.4 is 0 Å². The lowest BCUT2D eigenvalue weighted by Crippen LogP contribution is -2.40. The molecule has 1 aromatic heterocycles. The number of carbonyl (C=O) groups excluding carboxylic acids is 1. The van der Waals surface area contributed by atoms with E-state index < -0.39 is 17.3 Å². The van der Waals surface area contributed by atoms with Crippen molar-refractivity contribution in [3.63, 3.8) is 0 Å². The van der Waals surface area contributed by atoms with Gasteiger partial charge in [0, 0.05) is 28.1 Å². The molecule has 0 unspecified atom stereocenters. The van der Waals surface area contributed by atoms with Gasteiger partial charge in [0.2, 0.25) is 0 Å². The molecule has 1 aliphatic rings. The minimum atomic E-state index is -1.18. The lowest BCUT2D eigenvalue weighted by Gasteiger charge is -2.29. The van der Waals surface area contributed by atoms with Gasteiger partial charge in [-0.25, -0.2) is 9.78 Å². The molecule has 0 bridgehead atoms. The Balaban J connectivity index is 2.04. The van der Waals surface area contributed by atoms with Crippen molar-refractivity contribution < 1.29 is 14.1 Å². The third-order valence-corrected chi connectivity index (χ3v) is 6.68. The summed E-state index contributed by atoms with van der Waals surface area (Å²) in [6.07, 6.45) is 0. The van der Waals surface area contributed by atoms with Crippen LogP contribution in [0.25, 0.3) is 11.3 Å². The van der Waals surface area contributed by atoms with E-state index in [4.69, 9.17) is 4.74 Å². The van der Waals surface area contributed by atoms with E-state index in [1.54, 1.807) is 13.0 Å². The summed E-state index contributed by atoms with van der Waals surface area (Å²) in [7, 11) is 3.96. The first-order chi connectivity index (χ1) is 15.1. The first-order valence-corrected chi connectivity index (χ1v) is 11.8. The lowest BCUT2D eigenvalue weighted by atomic mass is 10.0. The van der Waals surface area contributed by atoms with E-state index in [0.717, 1.165) is 27.9 Å². The smallest absolute Gasteiger partial charge is 0.356 e. The molecule has 0 N–H and O–H groups in total. The predicted molar refractivity (Wildman–Crippen MR) is 128 cm³/mol. The highest BCUT2D eigenvalue weighted by atomic mass is 32.2. The van der Waals surface area contributed by atoms with Crippen molar-refractivity contribution in [2.75, 3.05) is 27.2 Å². The average molecular weight is 454 g/mol. The van der Waals surface area contributed by atoms with Crippen LogP contribution in [0.3, 0.4) is 0 Å². The molecule has 1 aliphatic heterocycles. The summed E-state index contributed by atoms with van der Waals surface area (Å²) in [6, 6.07) is 9.64. The molecule has 6 nitrogen and oxygen atoms in total. The van der Waals surface area contributed by atoms with Gasteiger partial charge in [0.15, 0.2) is 0 Å². The van der Waals surface area contributed by atoms with Crippen molar-refractivity contribution in [3.8, 4) is 23.1 Å². The van der Waals surface area contributed by atoms with E-state index in [2.05, 4.69) is 16.8 Å². The van der Waals surface area contributed by atoms with Crippen molar-refractivity contribution in [3.05, 3.63) is 52.7 Å². The monoisotopic (exact) mass is 453 g/mol. The summed E-state index contributed by atoms with van der Waals surface area (Å²) in [4.78, 5) is 19.2. The quantitative estimate of drug-likeness (QED) is 0.391. The fraction of sp³-hybridized carbons (Fsp3) is 0.440. The number of hydrogen-bond acceptors (Lipinski definition) is 6. The Kier molecular flexibility index (Phi) is 7.63. The van der Waals surface area contributed by atoms with Crippen LogP contribution in [0.1, 0.15) is 54.9 Å². The first-order valence-electron chi connectivity index (χ1n) is 10.7. The van der Waals surface area contributed by atoms with Gasteiger partial charge in [-0.2, -0.15) is 0 Å². The summed E-state index contributed by atoms with van der Waals surface area (Å²) in [5.41, 5.74) is 4.71. The Bertz CT molecular complexity index is 1050. The molecule has 2 aromatic rings. The van der Waals surface area contributed by atoms with Crippen LogP contribution in [0, 0.1) is 11.8 Å². The van der Waals surface area contributed by atoms with Gasteiger partial charge in [0.05, 0.1) is 31.9 Å². The van der Waals surface area contributed by atoms with Gasteiger partial charge in [-0.3, -0.25) is 4.90 Å². The molecular weight excluding hydrogens is 422 g/mol. The molecule has 0 aliphatic carbocycles. The third-order valence-electron chi connectivity index (χ3n) is 4.90. The zero-order valence-corrected chi connectivity index (χ0v) is 20.5. The molecule has 0 amide bonds. The molecule has 0 saturated carbocycles. The van der Waals surface area contributed by atoms with Crippen LogP contribution >= 0.6 is 0 Å². The Labute approximate surface area is 194 Å². The highest BCUT2D eigenvalue weighted by molar-refractivity contribution is 7.90. The van der Waals surface area contributed by atoms with E-state index in [9.17, 15) is 9.35 Å². The largest absolute Gasteiger partial charge is 0.597 e. The number of esters is 1. The number of pyridine rings is 1. The summed E-state index contributed by atoms with van der Waals surface area (Å²) in [5, 5.41) is 0. The zero-order valence-electron chi connectivity index (χ0n) is 19.7. The second-order valence-corrected chi connectivity index (χ2v) is 11.2. The Morgan fingerprint density at radius 3 is 2.69 bits per heavy atom. The van der Waals surface area contributed by atoms with Crippen LogP contribution in [-0.4, -0.2) is 56.7 Å². The van der Waals surface area contributed by atoms with E-state index in [1.165, 1.54) is 0 Å². The van der Waals surface area contributed by atoms with E-state index in [-0.39, 0.29) is 17.0 Å². The number of hydrogen-bond donors (Lipinski definition) is 0. The van der Waals surface area contributed by atoms with Crippen LogP contribution in [0.5, 0.6) is 0 Å².